The molecule has 12 nitrogen and oxygen atoms in total. The van der Waals surface area contributed by atoms with Crippen LogP contribution >= 0.6 is 48.0 Å². The minimum Gasteiger partial charge on any atom is -0.293 e. The standard InChI is InChI=1S/C30H30N6O6S4/c1-17-9-3-5-11-19(17)25(39)33-31-21(37)13-7-15-35-27(41)23(45-29(35)43)24-28(42)36(30(44)46-24)16-8-14-22(38)32-34-26(40)20-12-6-4-10-18(20)2/h3-6,9-12H,7-8,13-16H2,1-2H3,(H,31,37)(H,32,38)(H,33,39)(H,34,40). The predicted octanol–water partition coefficient (Wildman–Crippen LogP) is 3.02. The van der Waals surface area contributed by atoms with Gasteiger partial charge in [0, 0.05) is 37.1 Å². The summed E-state index contributed by atoms with van der Waals surface area (Å²) in [6.07, 6.45) is 0.567. The summed E-state index contributed by atoms with van der Waals surface area (Å²) in [6, 6.07) is 13.9. The molecule has 16 heteroatoms. The number of nitrogens with one attached hydrogen (secondary N) is 4. The molecule has 2 aliphatic heterocycles. The number of rotatable bonds is 10. The molecule has 2 saturated heterocycles. The topological polar surface area (TPSA) is 157 Å². The highest BCUT2D eigenvalue weighted by Gasteiger charge is 2.41. The molecule has 0 unspecified atom stereocenters. The number of hydrogen-bond acceptors (Lipinski definition) is 10. The SMILES string of the molecule is Cc1ccccc1C(=O)NNC(=O)CCCN1C(=O)C(=C2SC(=S)N(CCCC(=O)NNC(=O)c3ccccc3C)C2=O)SC1=S. The summed E-state index contributed by atoms with van der Waals surface area (Å²) >= 11 is 12.7. The van der Waals surface area contributed by atoms with Gasteiger partial charge in [0.25, 0.3) is 23.6 Å². The molecule has 0 radical (unpaired) electrons. The molecule has 2 fully saturated rings. The number of thiocarbonyl (C=S) groups is 2. The fraction of sp³-hybridized carbons (Fsp3) is 0.267. The van der Waals surface area contributed by atoms with Gasteiger partial charge in [-0.3, -0.25) is 60.3 Å². The molecule has 4 N–H and O–H groups in total. The summed E-state index contributed by atoms with van der Waals surface area (Å²) in [5.41, 5.74) is 11.9. The number of hydrogen-bond donors (Lipinski definition) is 4. The molecule has 2 aliphatic rings. The lowest BCUT2D eigenvalue weighted by Crippen LogP contribution is -2.42. The second-order valence-electron chi connectivity index (χ2n) is 10.1. The largest absolute Gasteiger partial charge is 0.293 e. The van der Waals surface area contributed by atoms with Crippen LogP contribution in [0.25, 0.3) is 0 Å². The zero-order valence-electron chi connectivity index (χ0n) is 24.8. The first-order chi connectivity index (χ1) is 22.0. The third-order valence-corrected chi connectivity index (χ3v) is 9.91. The van der Waals surface area contributed by atoms with Gasteiger partial charge < -0.3 is 0 Å². The van der Waals surface area contributed by atoms with Crippen LogP contribution in [0, 0.1) is 13.8 Å². The summed E-state index contributed by atoms with van der Waals surface area (Å²) in [6.45, 7) is 3.86. The van der Waals surface area contributed by atoms with Crippen LogP contribution in [0.3, 0.4) is 0 Å². The number of carbonyl (C=O) groups is 6. The maximum Gasteiger partial charge on any atom is 0.269 e. The Morgan fingerprint density at radius 1 is 0.630 bits per heavy atom. The highest BCUT2D eigenvalue weighted by Crippen LogP contribution is 2.42. The van der Waals surface area contributed by atoms with Crippen molar-refractivity contribution in [1.82, 2.24) is 31.5 Å². The van der Waals surface area contributed by atoms with Gasteiger partial charge in [-0.1, -0.05) is 84.4 Å². The summed E-state index contributed by atoms with van der Waals surface area (Å²) in [7, 11) is 0. The maximum absolute atomic E-state index is 13.2. The quantitative estimate of drug-likeness (QED) is 0.165. The summed E-state index contributed by atoms with van der Waals surface area (Å²) in [5, 5.41) is 0. The van der Waals surface area contributed by atoms with E-state index < -0.39 is 35.4 Å². The van der Waals surface area contributed by atoms with Crippen molar-refractivity contribution in [2.45, 2.75) is 39.5 Å². The lowest BCUT2D eigenvalue weighted by molar-refractivity contribution is -0.125. The van der Waals surface area contributed by atoms with Gasteiger partial charge in [-0.2, -0.15) is 0 Å². The van der Waals surface area contributed by atoms with Crippen LogP contribution in [0.1, 0.15) is 57.5 Å². The molecule has 2 heterocycles. The molecular formula is C30H30N6O6S4. The predicted molar refractivity (Wildman–Crippen MR) is 183 cm³/mol. The van der Waals surface area contributed by atoms with Crippen LogP contribution in [-0.2, 0) is 19.2 Å². The number of benzene rings is 2. The number of amides is 6. The third-order valence-electron chi connectivity index (χ3n) is 6.89. The van der Waals surface area contributed by atoms with Gasteiger partial charge in [0.1, 0.15) is 8.64 Å². The monoisotopic (exact) mass is 698 g/mol. The molecule has 0 spiro atoms. The van der Waals surface area contributed by atoms with Crippen molar-refractivity contribution < 1.29 is 28.8 Å². The Morgan fingerprint density at radius 2 is 1.00 bits per heavy atom. The fourth-order valence-electron chi connectivity index (χ4n) is 4.42. The van der Waals surface area contributed by atoms with Crippen molar-refractivity contribution in [3.63, 3.8) is 0 Å². The average Bonchev–Trinajstić information content (AvgIpc) is 3.47. The van der Waals surface area contributed by atoms with Crippen LogP contribution in [0.4, 0.5) is 0 Å². The normalized spacial score (nSPS) is 16.1. The van der Waals surface area contributed by atoms with Gasteiger partial charge in [-0.25, -0.2) is 0 Å². The molecule has 0 aromatic heterocycles. The van der Waals surface area contributed by atoms with Gasteiger partial charge in [0.05, 0.1) is 9.81 Å². The minimum atomic E-state index is -0.451. The number of hydrazine groups is 2. The number of aryl methyl sites for hydroxylation is 2. The minimum absolute atomic E-state index is 0.0196. The molecule has 0 saturated carbocycles. The van der Waals surface area contributed by atoms with Gasteiger partial charge >= 0.3 is 0 Å². The summed E-state index contributed by atoms with van der Waals surface area (Å²) in [5.74, 6) is -2.65. The highest BCUT2D eigenvalue weighted by atomic mass is 32.2. The smallest absolute Gasteiger partial charge is 0.269 e. The van der Waals surface area contributed by atoms with Gasteiger partial charge in [0.15, 0.2) is 0 Å². The van der Waals surface area contributed by atoms with Crippen LogP contribution in [0.15, 0.2) is 58.3 Å². The maximum atomic E-state index is 13.2. The molecule has 46 heavy (non-hydrogen) atoms. The van der Waals surface area contributed by atoms with Crippen molar-refractivity contribution in [3.05, 3.63) is 80.6 Å². The number of carbonyl (C=O) groups excluding carboxylic acids is 6. The van der Waals surface area contributed by atoms with E-state index in [1.807, 2.05) is 12.1 Å². The van der Waals surface area contributed by atoms with E-state index in [1.165, 1.54) is 9.80 Å². The Hall–Kier alpha value is -4.12. The lowest BCUT2D eigenvalue weighted by Gasteiger charge is -2.15. The van der Waals surface area contributed by atoms with Crippen molar-refractivity contribution in [2.24, 2.45) is 0 Å². The number of thioether (sulfide) groups is 2. The first kappa shape index (κ1) is 34.7. The zero-order chi connectivity index (χ0) is 33.4. The molecule has 2 aromatic rings. The van der Waals surface area contributed by atoms with Crippen molar-refractivity contribution >= 4 is 92.0 Å². The van der Waals surface area contributed by atoms with Crippen LogP contribution in [0.2, 0.25) is 0 Å². The van der Waals surface area contributed by atoms with E-state index in [0.29, 0.717) is 11.1 Å². The molecule has 0 bridgehead atoms. The van der Waals surface area contributed by atoms with Crippen LogP contribution in [-0.4, -0.2) is 67.0 Å². The Kier molecular flexibility index (Phi) is 12.0. The van der Waals surface area contributed by atoms with Crippen molar-refractivity contribution in [3.8, 4) is 0 Å². The average molecular weight is 699 g/mol. The molecular weight excluding hydrogens is 669 g/mol. The van der Waals surface area contributed by atoms with Gasteiger partial charge in [-0.05, 0) is 49.9 Å². The molecule has 6 amide bonds. The lowest BCUT2D eigenvalue weighted by atomic mass is 10.1. The Labute approximate surface area is 284 Å². The third kappa shape index (κ3) is 8.57. The summed E-state index contributed by atoms with van der Waals surface area (Å²) < 4.78 is 0.505. The van der Waals surface area contributed by atoms with E-state index in [-0.39, 0.29) is 57.2 Å². The second-order valence-corrected chi connectivity index (χ2v) is 13.4. The number of nitrogens with zero attached hydrogens (tertiary/aromatic N) is 2. The Morgan fingerprint density at radius 3 is 1.37 bits per heavy atom. The van der Waals surface area contributed by atoms with E-state index in [2.05, 4.69) is 21.7 Å². The first-order valence-corrected chi connectivity index (χ1v) is 16.5. The van der Waals surface area contributed by atoms with Crippen molar-refractivity contribution in [2.75, 3.05) is 13.1 Å². The molecule has 2 aromatic carbocycles. The Balaban J connectivity index is 1.22. The first-order valence-electron chi connectivity index (χ1n) is 14.1. The molecule has 0 aliphatic carbocycles. The zero-order valence-corrected chi connectivity index (χ0v) is 28.1. The van der Waals surface area contributed by atoms with E-state index in [1.54, 1.807) is 50.2 Å². The van der Waals surface area contributed by atoms with E-state index in [9.17, 15) is 28.8 Å². The Bertz CT molecular complexity index is 1540. The fourth-order valence-corrected chi connectivity index (χ4v) is 7.19. The molecule has 4 rings (SSSR count). The molecule has 0 atom stereocenters. The highest BCUT2D eigenvalue weighted by molar-refractivity contribution is 8.29. The van der Waals surface area contributed by atoms with E-state index in [4.69, 9.17) is 24.4 Å². The van der Waals surface area contributed by atoms with Crippen LogP contribution < -0.4 is 21.7 Å². The molecule has 240 valence electrons. The van der Waals surface area contributed by atoms with Crippen LogP contribution in [0.5, 0.6) is 0 Å². The van der Waals surface area contributed by atoms with Crippen molar-refractivity contribution in [1.29, 1.82) is 0 Å². The summed E-state index contributed by atoms with van der Waals surface area (Å²) in [4.78, 5) is 78.5. The van der Waals surface area contributed by atoms with E-state index in [0.717, 1.165) is 34.7 Å². The second kappa shape index (κ2) is 15.9. The van der Waals surface area contributed by atoms with Gasteiger partial charge in [-0.15, -0.1) is 0 Å². The van der Waals surface area contributed by atoms with Gasteiger partial charge in [0.2, 0.25) is 11.8 Å². The van der Waals surface area contributed by atoms with E-state index >= 15 is 0 Å².